The van der Waals surface area contributed by atoms with Crippen LogP contribution in [0.3, 0.4) is 0 Å². The number of nitrogens with two attached hydrogens (primary N) is 1. The number of anilines is 2. The number of nitrogen functional groups attached to an aromatic ring is 1. The molecule has 0 aliphatic carbocycles. The van der Waals surface area contributed by atoms with E-state index in [9.17, 15) is 4.79 Å². The summed E-state index contributed by atoms with van der Waals surface area (Å²) in [6, 6.07) is 10.9. The molecule has 0 saturated carbocycles. The van der Waals surface area contributed by atoms with Crippen LogP contribution < -0.4 is 11.1 Å². The summed E-state index contributed by atoms with van der Waals surface area (Å²) < 4.78 is 0. The van der Waals surface area contributed by atoms with E-state index in [4.69, 9.17) is 11.0 Å². The van der Waals surface area contributed by atoms with E-state index in [2.05, 4.69) is 5.32 Å². The fourth-order valence-corrected chi connectivity index (χ4v) is 2.31. The number of carbonyl (C=O) groups is 1. The molecule has 0 spiro atoms. The number of amides is 1. The Labute approximate surface area is 109 Å². The van der Waals surface area contributed by atoms with Gasteiger partial charge in [0.15, 0.2) is 0 Å². The van der Waals surface area contributed by atoms with Crippen molar-refractivity contribution in [2.24, 2.45) is 0 Å². The third kappa shape index (κ3) is 2.87. The summed E-state index contributed by atoms with van der Waals surface area (Å²) >= 11 is 1.34. The maximum atomic E-state index is 11.8. The molecule has 0 bridgehead atoms. The van der Waals surface area contributed by atoms with Gasteiger partial charge in [-0.2, -0.15) is 5.26 Å². The highest BCUT2D eigenvalue weighted by molar-refractivity contribution is 7.14. The second-order valence-electron chi connectivity index (χ2n) is 3.75. The molecule has 1 aromatic heterocycles. The monoisotopic (exact) mass is 257 g/mol. The minimum absolute atomic E-state index is 0.153. The van der Waals surface area contributed by atoms with Crippen LogP contribution in [0.15, 0.2) is 35.7 Å². The Hall–Kier alpha value is -2.32. The Morgan fingerprint density at radius 1 is 1.44 bits per heavy atom. The Balaban J connectivity index is 2.04. The molecule has 0 aliphatic rings. The van der Waals surface area contributed by atoms with Crippen molar-refractivity contribution >= 4 is 27.9 Å². The SMILES string of the molecule is N#Cc1ccsc1NC(=O)Cc1cccc(N)c1. The lowest BCUT2D eigenvalue weighted by molar-refractivity contribution is -0.115. The van der Waals surface area contributed by atoms with Gasteiger partial charge in [-0.15, -0.1) is 11.3 Å². The zero-order valence-corrected chi connectivity index (χ0v) is 10.3. The van der Waals surface area contributed by atoms with Crippen LogP contribution in [0.25, 0.3) is 0 Å². The molecule has 2 rings (SSSR count). The Morgan fingerprint density at radius 3 is 3.00 bits per heavy atom. The molecule has 5 heteroatoms. The number of rotatable bonds is 3. The van der Waals surface area contributed by atoms with Gasteiger partial charge in [-0.25, -0.2) is 0 Å². The highest BCUT2D eigenvalue weighted by atomic mass is 32.1. The maximum Gasteiger partial charge on any atom is 0.229 e. The Kier molecular flexibility index (Phi) is 3.60. The first-order valence-corrected chi connectivity index (χ1v) is 6.19. The van der Waals surface area contributed by atoms with Crippen molar-refractivity contribution in [1.29, 1.82) is 5.26 Å². The molecule has 18 heavy (non-hydrogen) atoms. The van der Waals surface area contributed by atoms with E-state index < -0.39 is 0 Å². The van der Waals surface area contributed by atoms with Gasteiger partial charge >= 0.3 is 0 Å². The molecule has 3 N–H and O–H groups in total. The first-order valence-electron chi connectivity index (χ1n) is 5.31. The predicted octanol–water partition coefficient (Wildman–Crippen LogP) is 2.38. The molecule has 0 fully saturated rings. The van der Waals surface area contributed by atoms with Crippen LogP contribution in [-0.2, 0) is 11.2 Å². The van der Waals surface area contributed by atoms with Gasteiger partial charge in [0.25, 0.3) is 0 Å². The van der Waals surface area contributed by atoms with Gasteiger partial charge in [-0.05, 0) is 29.1 Å². The molecule has 0 radical (unpaired) electrons. The molecule has 0 atom stereocenters. The van der Waals surface area contributed by atoms with E-state index in [0.29, 0.717) is 16.3 Å². The summed E-state index contributed by atoms with van der Waals surface area (Å²) in [7, 11) is 0. The average Bonchev–Trinajstić information content (AvgIpc) is 2.76. The van der Waals surface area contributed by atoms with Crippen molar-refractivity contribution in [3.63, 3.8) is 0 Å². The molecule has 0 unspecified atom stereocenters. The molecule has 1 amide bonds. The van der Waals surface area contributed by atoms with Gasteiger partial charge in [0.2, 0.25) is 5.91 Å². The molecule has 2 aromatic rings. The minimum atomic E-state index is -0.153. The number of thiophene rings is 1. The lowest BCUT2D eigenvalue weighted by Crippen LogP contribution is -2.14. The first-order chi connectivity index (χ1) is 8.69. The number of hydrogen-bond donors (Lipinski definition) is 2. The quantitative estimate of drug-likeness (QED) is 0.828. The van der Waals surface area contributed by atoms with Gasteiger partial charge in [0, 0.05) is 5.69 Å². The summed E-state index contributed by atoms with van der Waals surface area (Å²) in [5.41, 5.74) is 7.61. The smallest absolute Gasteiger partial charge is 0.229 e. The molecule has 0 aliphatic heterocycles. The van der Waals surface area contributed by atoms with Crippen molar-refractivity contribution in [3.8, 4) is 6.07 Å². The van der Waals surface area contributed by atoms with E-state index >= 15 is 0 Å². The number of nitriles is 1. The Bertz CT molecular complexity index is 613. The van der Waals surface area contributed by atoms with Gasteiger partial charge in [-0.3, -0.25) is 4.79 Å². The third-order valence-corrected chi connectivity index (χ3v) is 3.18. The largest absolute Gasteiger partial charge is 0.399 e. The van der Waals surface area contributed by atoms with E-state index in [-0.39, 0.29) is 12.3 Å². The van der Waals surface area contributed by atoms with Crippen molar-refractivity contribution in [2.75, 3.05) is 11.1 Å². The van der Waals surface area contributed by atoms with Crippen LogP contribution >= 0.6 is 11.3 Å². The highest BCUT2D eigenvalue weighted by Crippen LogP contribution is 2.22. The average molecular weight is 257 g/mol. The second-order valence-corrected chi connectivity index (χ2v) is 4.66. The van der Waals surface area contributed by atoms with Gasteiger partial charge in [0.05, 0.1) is 12.0 Å². The molecular weight excluding hydrogens is 246 g/mol. The van der Waals surface area contributed by atoms with Crippen LogP contribution in [0.4, 0.5) is 10.7 Å². The molecule has 4 nitrogen and oxygen atoms in total. The summed E-state index contributed by atoms with van der Waals surface area (Å²) in [6.07, 6.45) is 0.244. The van der Waals surface area contributed by atoms with Crippen LogP contribution in [0.2, 0.25) is 0 Å². The first kappa shape index (κ1) is 12.1. The molecular formula is C13H11N3OS. The van der Waals surface area contributed by atoms with Gasteiger partial charge in [0.1, 0.15) is 11.1 Å². The third-order valence-electron chi connectivity index (χ3n) is 2.35. The van der Waals surface area contributed by atoms with E-state index in [0.717, 1.165) is 5.56 Å². The number of nitrogens with one attached hydrogen (secondary N) is 1. The molecule has 1 heterocycles. The van der Waals surface area contributed by atoms with E-state index in [1.54, 1.807) is 23.6 Å². The van der Waals surface area contributed by atoms with Crippen LogP contribution in [0.1, 0.15) is 11.1 Å². The van der Waals surface area contributed by atoms with E-state index in [1.807, 2.05) is 18.2 Å². The van der Waals surface area contributed by atoms with Gasteiger partial charge < -0.3 is 11.1 Å². The number of hydrogen-bond acceptors (Lipinski definition) is 4. The molecule has 90 valence electrons. The zero-order chi connectivity index (χ0) is 13.0. The topological polar surface area (TPSA) is 78.9 Å². The van der Waals surface area contributed by atoms with Crippen molar-refractivity contribution < 1.29 is 4.79 Å². The summed E-state index contributed by atoms with van der Waals surface area (Å²) in [5.74, 6) is -0.153. The second kappa shape index (κ2) is 5.34. The van der Waals surface area contributed by atoms with Crippen LogP contribution in [0.5, 0.6) is 0 Å². The van der Waals surface area contributed by atoms with Crippen molar-refractivity contribution in [3.05, 3.63) is 46.8 Å². The normalized spacial score (nSPS) is 9.72. The van der Waals surface area contributed by atoms with Gasteiger partial charge in [-0.1, -0.05) is 12.1 Å². The number of nitrogens with zero attached hydrogens (tertiary/aromatic N) is 1. The fourth-order valence-electron chi connectivity index (χ4n) is 1.55. The standard InChI is InChI=1S/C13H11N3OS/c14-8-10-4-5-18-13(10)16-12(17)7-9-2-1-3-11(15)6-9/h1-6H,7,15H2,(H,16,17). The molecule has 1 aromatic carbocycles. The van der Waals surface area contributed by atoms with Crippen molar-refractivity contribution in [1.82, 2.24) is 0 Å². The molecule has 0 saturated heterocycles. The van der Waals surface area contributed by atoms with Crippen LogP contribution in [-0.4, -0.2) is 5.91 Å². The summed E-state index contributed by atoms with van der Waals surface area (Å²) in [4.78, 5) is 11.8. The lowest BCUT2D eigenvalue weighted by atomic mass is 10.1. The summed E-state index contributed by atoms with van der Waals surface area (Å²) in [5, 5.41) is 13.9. The predicted molar refractivity (Wildman–Crippen MR) is 72.2 cm³/mol. The van der Waals surface area contributed by atoms with Crippen molar-refractivity contribution in [2.45, 2.75) is 6.42 Å². The Morgan fingerprint density at radius 2 is 2.28 bits per heavy atom. The minimum Gasteiger partial charge on any atom is -0.399 e. The lowest BCUT2D eigenvalue weighted by Gasteiger charge is -2.04. The number of carbonyl (C=O) groups excluding carboxylic acids is 1. The zero-order valence-electron chi connectivity index (χ0n) is 9.51. The highest BCUT2D eigenvalue weighted by Gasteiger charge is 2.08. The van der Waals surface area contributed by atoms with Crippen LogP contribution in [0, 0.1) is 11.3 Å². The maximum absolute atomic E-state index is 11.8. The summed E-state index contributed by atoms with van der Waals surface area (Å²) in [6.45, 7) is 0. The van der Waals surface area contributed by atoms with E-state index in [1.165, 1.54) is 11.3 Å². The fraction of sp³-hybridized carbons (Fsp3) is 0.0769. The number of benzene rings is 1.